The Labute approximate surface area is 183 Å². The van der Waals surface area contributed by atoms with Crippen molar-refractivity contribution in [3.8, 4) is 5.75 Å². The Kier molecular flexibility index (Phi) is 6.03. The maximum Gasteiger partial charge on any atom is 0.337 e. The van der Waals surface area contributed by atoms with Crippen LogP contribution in [-0.2, 0) is 11.3 Å². The normalized spacial score (nSPS) is 11.4. The fourth-order valence-corrected chi connectivity index (χ4v) is 3.11. The van der Waals surface area contributed by atoms with Crippen molar-refractivity contribution in [1.29, 1.82) is 0 Å². The number of hydrogen-bond acceptors (Lipinski definition) is 7. The molecule has 162 valence electrons. The van der Waals surface area contributed by atoms with E-state index in [4.69, 9.17) is 18.3 Å². The number of para-hydroxylation sites is 1. The second-order valence-corrected chi connectivity index (χ2v) is 6.76. The van der Waals surface area contributed by atoms with Crippen LogP contribution in [0.15, 0.2) is 80.8 Å². The van der Waals surface area contributed by atoms with Gasteiger partial charge >= 0.3 is 5.97 Å². The van der Waals surface area contributed by atoms with Crippen LogP contribution in [0.2, 0.25) is 0 Å². The molecule has 2 aromatic carbocycles. The zero-order valence-corrected chi connectivity index (χ0v) is 17.5. The number of methoxy groups -OCH3 is 2. The first-order chi connectivity index (χ1) is 15.6. The minimum Gasteiger partial charge on any atom is -0.493 e. The highest BCUT2D eigenvalue weighted by Crippen LogP contribution is 2.25. The lowest BCUT2D eigenvalue weighted by molar-refractivity contribution is 0.0600. The van der Waals surface area contributed by atoms with Crippen molar-refractivity contribution >= 4 is 28.5 Å². The molecule has 4 rings (SSSR count). The maximum atomic E-state index is 13.0. The molecule has 4 aromatic rings. The molecular weight excluding hydrogens is 412 g/mol. The van der Waals surface area contributed by atoms with E-state index in [0.717, 1.165) is 0 Å². The van der Waals surface area contributed by atoms with E-state index in [1.165, 1.54) is 20.5 Å². The molecule has 1 amide bonds. The molecule has 0 fully saturated rings. The smallest absolute Gasteiger partial charge is 0.337 e. The number of benzene rings is 2. The first-order valence-corrected chi connectivity index (χ1v) is 9.73. The van der Waals surface area contributed by atoms with Gasteiger partial charge in [-0.3, -0.25) is 4.79 Å². The van der Waals surface area contributed by atoms with Crippen LogP contribution in [0.1, 0.15) is 26.5 Å². The van der Waals surface area contributed by atoms with E-state index in [9.17, 15) is 9.59 Å². The van der Waals surface area contributed by atoms with Crippen LogP contribution in [0.25, 0.3) is 11.0 Å². The summed E-state index contributed by atoms with van der Waals surface area (Å²) in [5, 5.41) is 3.49. The molecule has 8 nitrogen and oxygen atoms in total. The highest BCUT2D eigenvalue weighted by Gasteiger charge is 2.15. The first-order valence-electron chi connectivity index (χ1n) is 9.73. The Bertz CT molecular complexity index is 1320. The molecule has 0 saturated carbocycles. The summed E-state index contributed by atoms with van der Waals surface area (Å²) in [6, 6.07) is 17.0. The summed E-state index contributed by atoms with van der Waals surface area (Å²) in [6.45, 7) is 0.218. The largest absolute Gasteiger partial charge is 0.493 e. The van der Waals surface area contributed by atoms with Gasteiger partial charge in [0.15, 0.2) is 11.3 Å². The molecule has 0 aliphatic carbocycles. The second kappa shape index (κ2) is 9.22. The zero-order chi connectivity index (χ0) is 22.5. The van der Waals surface area contributed by atoms with E-state index >= 15 is 0 Å². The summed E-state index contributed by atoms with van der Waals surface area (Å²) in [6.07, 6.45) is 1.54. The molecule has 0 bridgehead atoms. The molecule has 2 aromatic heterocycles. The number of nitrogens with one attached hydrogen (secondary N) is 1. The SMILES string of the molecule is COC(=O)c1ccc(N=c2oc3c(OC)cccc3cc2C(=O)NCc2ccco2)cc1. The van der Waals surface area contributed by atoms with Gasteiger partial charge in [-0.05, 0) is 48.5 Å². The van der Waals surface area contributed by atoms with E-state index in [2.05, 4.69) is 10.3 Å². The molecule has 32 heavy (non-hydrogen) atoms. The third-order valence-electron chi connectivity index (χ3n) is 4.73. The highest BCUT2D eigenvalue weighted by molar-refractivity contribution is 5.97. The van der Waals surface area contributed by atoms with Gasteiger partial charge in [0.2, 0.25) is 5.55 Å². The van der Waals surface area contributed by atoms with Crippen molar-refractivity contribution in [3.63, 3.8) is 0 Å². The quantitative estimate of drug-likeness (QED) is 0.462. The molecule has 0 aliphatic rings. The Hall–Kier alpha value is -4.33. The predicted molar refractivity (Wildman–Crippen MR) is 116 cm³/mol. The lowest BCUT2D eigenvalue weighted by Crippen LogP contribution is -2.28. The number of ether oxygens (including phenoxy) is 2. The standard InChI is InChI=1S/C24H20N2O6/c1-29-20-7-3-5-16-13-19(22(27)25-14-18-6-4-12-31-18)23(32-21(16)20)26-17-10-8-15(9-11-17)24(28)30-2/h3-13H,14H2,1-2H3,(H,25,27). The Morgan fingerprint density at radius 1 is 1.03 bits per heavy atom. The van der Waals surface area contributed by atoms with Crippen molar-refractivity contribution < 1.29 is 27.9 Å². The fourth-order valence-electron chi connectivity index (χ4n) is 3.11. The van der Waals surface area contributed by atoms with Crippen LogP contribution in [0, 0.1) is 0 Å². The van der Waals surface area contributed by atoms with E-state index in [-0.39, 0.29) is 23.6 Å². The Balaban J connectivity index is 1.78. The lowest BCUT2D eigenvalue weighted by atomic mass is 10.1. The Morgan fingerprint density at radius 3 is 2.53 bits per heavy atom. The van der Waals surface area contributed by atoms with Gasteiger partial charge in [0.1, 0.15) is 11.3 Å². The minimum absolute atomic E-state index is 0.102. The molecular formula is C24H20N2O6. The molecule has 0 atom stereocenters. The summed E-state index contributed by atoms with van der Waals surface area (Å²) in [4.78, 5) is 29.1. The van der Waals surface area contributed by atoms with Crippen molar-refractivity contribution in [2.75, 3.05) is 14.2 Å². The number of furan rings is 1. The van der Waals surface area contributed by atoms with Crippen molar-refractivity contribution in [3.05, 3.63) is 89.4 Å². The van der Waals surface area contributed by atoms with Gasteiger partial charge in [-0.25, -0.2) is 9.79 Å². The molecule has 2 heterocycles. The number of carbonyl (C=O) groups is 2. The minimum atomic E-state index is -0.449. The molecule has 0 unspecified atom stereocenters. The molecule has 0 saturated heterocycles. The van der Waals surface area contributed by atoms with Gasteiger partial charge in [0.25, 0.3) is 5.91 Å². The summed E-state index contributed by atoms with van der Waals surface area (Å²) < 4.78 is 21.4. The van der Waals surface area contributed by atoms with Crippen LogP contribution in [-0.4, -0.2) is 26.1 Å². The number of hydrogen-bond donors (Lipinski definition) is 1. The van der Waals surface area contributed by atoms with Crippen molar-refractivity contribution in [2.45, 2.75) is 6.54 Å². The molecule has 1 N–H and O–H groups in total. The number of carbonyl (C=O) groups excluding carboxylic acids is 2. The number of rotatable bonds is 6. The third kappa shape index (κ3) is 4.39. The van der Waals surface area contributed by atoms with Crippen molar-refractivity contribution in [1.82, 2.24) is 5.32 Å². The average Bonchev–Trinajstić information content (AvgIpc) is 3.35. The van der Waals surface area contributed by atoms with Gasteiger partial charge < -0.3 is 23.6 Å². The van der Waals surface area contributed by atoms with Crippen LogP contribution in [0.4, 0.5) is 5.69 Å². The maximum absolute atomic E-state index is 13.0. The van der Waals surface area contributed by atoms with Gasteiger partial charge in [0.05, 0.1) is 38.3 Å². The second-order valence-electron chi connectivity index (χ2n) is 6.76. The predicted octanol–water partition coefficient (Wildman–Crippen LogP) is 3.98. The first kappa shape index (κ1) is 20.9. The van der Waals surface area contributed by atoms with Gasteiger partial charge in [-0.15, -0.1) is 0 Å². The number of esters is 1. The van der Waals surface area contributed by atoms with Crippen LogP contribution in [0.5, 0.6) is 5.75 Å². The van der Waals surface area contributed by atoms with Crippen LogP contribution in [0.3, 0.4) is 0 Å². The van der Waals surface area contributed by atoms with Crippen molar-refractivity contribution in [2.24, 2.45) is 4.99 Å². The molecule has 0 aliphatic heterocycles. The summed E-state index contributed by atoms with van der Waals surface area (Å²) >= 11 is 0. The monoisotopic (exact) mass is 432 g/mol. The molecule has 0 spiro atoms. The fraction of sp³-hybridized carbons (Fsp3) is 0.125. The van der Waals surface area contributed by atoms with E-state index in [1.54, 1.807) is 48.5 Å². The molecule has 0 radical (unpaired) electrons. The van der Waals surface area contributed by atoms with Gasteiger partial charge in [-0.1, -0.05) is 12.1 Å². The van der Waals surface area contributed by atoms with Crippen LogP contribution < -0.4 is 15.6 Å². The summed E-state index contributed by atoms with van der Waals surface area (Å²) in [5.41, 5.74) is 1.69. The summed E-state index contributed by atoms with van der Waals surface area (Å²) in [5.74, 6) is 0.312. The topological polar surface area (TPSA) is 103 Å². The summed E-state index contributed by atoms with van der Waals surface area (Å²) in [7, 11) is 2.85. The lowest BCUT2D eigenvalue weighted by Gasteiger charge is -2.08. The third-order valence-corrected chi connectivity index (χ3v) is 4.73. The van der Waals surface area contributed by atoms with Crippen LogP contribution >= 0.6 is 0 Å². The average molecular weight is 432 g/mol. The highest BCUT2D eigenvalue weighted by atomic mass is 16.5. The zero-order valence-electron chi connectivity index (χ0n) is 17.5. The van der Waals surface area contributed by atoms with Gasteiger partial charge in [0, 0.05) is 5.39 Å². The van der Waals surface area contributed by atoms with E-state index in [1.807, 2.05) is 12.1 Å². The number of amides is 1. The van der Waals surface area contributed by atoms with Gasteiger partial charge in [-0.2, -0.15) is 0 Å². The number of fused-ring (bicyclic) bond motifs is 1. The molecule has 8 heteroatoms. The number of nitrogens with zero attached hydrogens (tertiary/aromatic N) is 1. The van der Waals surface area contributed by atoms with E-state index in [0.29, 0.717) is 33.7 Å². The Morgan fingerprint density at radius 2 is 1.84 bits per heavy atom. The van der Waals surface area contributed by atoms with E-state index < -0.39 is 5.97 Å².